The van der Waals surface area contributed by atoms with Gasteiger partial charge in [0.15, 0.2) is 0 Å². The average Bonchev–Trinajstić information content (AvgIpc) is 2.49. The van der Waals surface area contributed by atoms with Crippen molar-refractivity contribution in [3.63, 3.8) is 0 Å². The number of carbonyl (C=O) groups excluding carboxylic acids is 1. The molecule has 21 heavy (non-hydrogen) atoms. The number of alkyl halides is 1. The third-order valence-corrected chi connectivity index (χ3v) is 3.98. The van der Waals surface area contributed by atoms with Crippen LogP contribution in [0.4, 0.5) is 8.78 Å². The first-order chi connectivity index (χ1) is 10.0. The summed E-state index contributed by atoms with van der Waals surface area (Å²) in [6.07, 6.45) is 1.49. The molecule has 1 fully saturated rings. The normalized spacial score (nSPS) is 16.3. The molecule has 0 atom stereocenters. The van der Waals surface area contributed by atoms with Crippen molar-refractivity contribution in [1.82, 2.24) is 4.90 Å². The Morgan fingerprint density at radius 2 is 2.05 bits per heavy atom. The predicted molar refractivity (Wildman–Crippen MR) is 79.8 cm³/mol. The summed E-state index contributed by atoms with van der Waals surface area (Å²) >= 11 is 3.29. The molecule has 0 N–H and O–H groups in total. The van der Waals surface area contributed by atoms with E-state index in [1.807, 2.05) is 0 Å². The number of halogens is 3. The molecule has 1 aliphatic heterocycles. The van der Waals surface area contributed by atoms with Crippen LogP contribution in [0.25, 0.3) is 0 Å². The van der Waals surface area contributed by atoms with Crippen LogP contribution in [0.2, 0.25) is 0 Å². The molecule has 0 aromatic heterocycles. The van der Waals surface area contributed by atoms with Gasteiger partial charge in [-0.25, -0.2) is 8.78 Å². The fourth-order valence-electron chi connectivity index (χ4n) is 2.45. The highest BCUT2D eigenvalue weighted by molar-refractivity contribution is 9.09. The van der Waals surface area contributed by atoms with Crippen LogP contribution in [0, 0.1) is 18.6 Å². The lowest BCUT2D eigenvalue weighted by Gasteiger charge is -2.32. The van der Waals surface area contributed by atoms with Crippen molar-refractivity contribution in [2.24, 2.45) is 0 Å². The monoisotopic (exact) mass is 361 g/mol. The fraction of sp³-hybridized carbons (Fsp3) is 0.533. The van der Waals surface area contributed by atoms with Crippen LogP contribution in [0.15, 0.2) is 12.1 Å². The molecule has 0 saturated carbocycles. The maximum Gasteiger partial charge on any atom is 0.259 e. The molecule has 1 saturated heterocycles. The average molecular weight is 362 g/mol. The Hall–Kier alpha value is -1.01. The number of piperidine rings is 1. The van der Waals surface area contributed by atoms with E-state index in [9.17, 15) is 13.6 Å². The van der Waals surface area contributed by atoms with Crippen molar-refractivity contribution in [1.29, 1.82) is 0 Å². The molecule has 1 aromatic carbocycles. The number of benzene rings is 1. The van der Waals surface area contributed by atoms with Crippen LogP contribution in [-0.4, -0.2) is 41.9 Å². The van der Waals surface area contributed by atoms with Gasteiger partial charge in [0.25, 0.3) is 5.91 Å². The van der Waals surface area contributed by atoms with E-state index in [4.69, 9.17) is 4.74 Å². The summed E-state index contributed by atoms with van der Waals surface area (Å²) in [5, 5.41) is 0.770. The minimum atomic E-state index is -0.805. The number of aryl methyl sites for hydroxylation is 1. The van der Waals surface area contributed by atoms with E-state index in [-0.39, 0.29) is 11.7 Å². The van der Waals surface area contributed by atoms with E-state index < -0.39 is 23.1 Å². The van der Waals surface area contributed by atoms with Crippen molar-refractivity contribution in [3.05, 3.63) is 34.9 Å². The smallest absolute Gasteiger partial charge is 0.259 e. The third-order valence-electron chi connectivity index (χ3n) is 3.66. The van der Waals surface area contributed by atoms with Crippen molar-refractivity contribution in [3.8, 4) is 0 Å². The lowest BCUT2D eigenvalue weighted by atomic mass is 10.0. The number of ether oxygens (including phenoxy) is 1. The summed E-state index contributed by atoms with van der Waals surface area (Å²) < 4.78 is 33.4. The first-order valence-corrected chi connectivity index (χ1v) is 8.08. The Morgan fingerprint density at radius 1 is 1.38 bits per heavy atom. The minimum absolute atomic E-state index is 0.110. The molecule has 2 rings (SSSR count). The Bertz CT molecular complexity index is 517. The number of likely N-dealkylation sites (tertiary alicyclic amines) is 1. The summed E-state index contributed by atoms with van der Waals surface area (Å²) in [6.45, 7) is 3.06. The minimum Gasteiger partial charge on any atom is -0.377 e. The van der Waals surface area contributed by atoms with Crippen LogP contribution in [0.5, 0.6) is 0 Å². The molecule has 0 spiro atoms. The second-order valence-corrected chi connectivity index (χ2v) is 5.90. The molecule has 1 aliphatic rings. The molecule has 1 amide bonds. The van der Waals surface area contributed by atoms with Gasteiger partial charge in [-0.3, -0.25) is 4.79 Å². The van der Waals surface area contributed by atoms with E-state index in [1.165, 1.54) is 17.9 Å². The van der Waals surface area contributed by atoms with E-state index in [1.54, 1.807) is 0 Å². The summed E-state index contributed by atoms with van der Waals surface area (Å²) in [7, 11) is 0. The first-order valence-electron chi connectivity index (χ1n) is 6.96. The van der Waals surface area contributed by atoms with Crippen molar-refractivity contribution < 1.29 is 18.3 Å². The number of nitrogens with zero attached hydrogens (tertiary/aromatic N) is 1. The lowest BCUT2D eigenvalue weighted by Crippen LogP contribution is -2.41. The van der Waals surface area contributed by atoms with Gasteiger partial charge < -0.3 is 9.64 Å². The van der Waals surface area contributed by atoms with E-state index in [0.29, 0.717) is 32.5 Å². The van der Waals surface area contributed by atoms with Gasteiger partial charge in [0.1, 0.15) is 17.2 Å². The molecule has 116 valence electrons. The number of hydrogen-bond acceptors (Lipinski definition) is 2. The van der Waals surface area contributed by atoms with Crippen molar-refractivity contribution in [2.75, 3.05) is 25.0 Å². The van der Waals surface area contributed by atoms with E-state index >= 15 is 0 Å². The van der Waals surface area contributed by atoms with Crippen LogP contribution < -0.4 is 0 Å². The maximum atomic E-state index is 14.0. The van der Waals surface area contributed by atoms with Gasteiger partial charge in [-0.15, -0.1) is 0 Å². The third kappa shape index (κ3) is 3.80. The second-order valence-electron chi connectivity index (χ2n) is 5.10. The molecule has 0 bridgehead atoms. The van der Waals surface area contributed by atoms with Gasteiger partial charge in [-0.1, -0.05) is 22.0 Å². The molecule has 1 aromatic rings. The largest absolute Gasteiger partial charge is 0.377 e. The second kappa shape index (κ2) is 7.31. The zero-order valence-corrected chi connectivity index (χ0v) is 13.5. The van der Waals surface area contributed by atoms with Crippen LogP contribution in [-0.2, 0) is 4.74 Å². The fourth-order valence-corrected chi connectivity index (χ4v) is 2.63. The van der Waals surface area contributed by atoms with Gasteiger partial charge in [0.2, 0.25) is 0 Å². The lowest BCUT2D eigenvalue weighted by molar-refractivity contribution is 0.0157. The van der Waals surface area contributed by atoms with Gasteiger partial charge in [-0.2, -0.15) is 0 Å². The quantitative estimate of drug-likeness (QED) is 0.770. The molecular formula is C15H18BrF2NO2. The molecule has 1 heterocycles. The SMILES string of the molecule is Cc1ccc(F)c(C(=O)N2CCC(OCCBr)CC2)c1F. The highest BCUT2D eigenvalue weighted by Crippen LogP contribution is 2.21. The highest BCUT2D eigenvalue weighted by Gasteiger charge is 2.28. The Balaban J connectivity index is 2.04. The Kier molecular flexibility index (Phi) is 5.70. The van der Waals surface area contributed by atoms with Crippen LogP contribution in [0.1, 0.15) is 28.8 Å². The summed E-state index contributed by atoms with van der Waals surface area (Å²) in [5.74, 6) is -2.15. The van der Waals surface area contributed by atoms with Gasteiger partial charge in [-0.05, 0) is 31.4 Å². The number of rotatable bonds is 4. The number of hydrogen-bond donors (Lipinski definition) is 0. The Labute approximate surface area is 131 Å². The van der Waals surface area contributed by atoms with Crippen LogP contribution in [0.3, 0.4) is 0 Å². The highest BCUT2D eigenvalue weighted by atomic mass is 79.9. The van der Waals surface area contributed by atoms with Gasteiger partial charge in [0, 0.05) is 18.4 Å². The summed E-state index contributed by atoms with van der Waals surface area (Å²) in [6, 6.07) is 2.47. The van der Waals surface area contributed by atoms with Crippen molar-refractivity contribution >= 4 is 21.8 Å². The zero-order valence-electron chi connectivity index (χ0n) is 11.9. The van der Waals surface area contributed by atoms with Gasteiger partial charge in [0.05, 0.1) is 12.7 Å². The molecule has 0 aliphatic carbocycles. The standard InChI is InChI=1S/C15H18BrF2NO2/c1-10-2-3-12(17)13(14(10)18)15(20)19-7-4-11(5-8-19)21-9-6-16/h2-3,11H,4-9H2,1H3. The predicted octanol–water partition coefficient (Wildman–Crippen LogP) is 3.29. The molecule has 0 radical (unpaired) electrons. The van der Waals surface area contributed by atoms with Crippen LogP contribution >= 0.6 is 15.9 Å². The summed E-state index contributed by atoms with van der Waals surface area (Å²) in [5.41, 5.74) is -0.176. The van der Waals surface area contributed by atoms with E-state index in [0.717, 1.165) is 11.4 Å². The number of carbonyl (C=O) groups is 1. The first kappa shape index (κ1) is 16.4. The van der Waals surface area contributed by atoms with E-state index in [2.05, 4.69) is 15.9 Å². The molecular weight excluding hydrogens is 344 g/mol. The van der Waals surface area contributed by atoms with Gasteiger partial charge >= 0.3 is 0 Å². The topological polar surface area (TPSA) is 29.5 Å². The molecule has 3 nitrogen and oxygen atoms in total. The molecule has 6 heteroatoms. The Morgan fingerprint density at radius 3 is 2.67 bits per heavy atom. The summed E-state index contributed by atoms with van der Waals surface area (Å²) in [4.78, 5) is 13.8. The van der Waals surface area contributed by atoms with Crippen molar-refractivity contribution in [2.45, 2.75) is 25.9 Å². The molecule has 0 unspecified atom stereocenters. The maximum absolute atomic E-state index is 14.0. The zero-order chi connectivity index (χ0) is 15.4. The number of amides is 1.